The number of carbonyl (C=O) groups is 2. The van der Waals surface area contributed by atoms with Crippen molar-refractivity contribution in [3.8, 4) is 0 Å². The van der Waals surface area contributed by atoms with Crippen LogP contribution < -0.4 is 10.6 Å². The third-order valence-corrected chi connectivity index (χ3v) is 5.74. The number of hydrogen-bond donors (Lipinski definition) is 2. The van der Waals surface area contributed by atoms with Crippen LogP contribution in [0.3, 0.4) is 0 Å². The molecule has 6 heteroatoms. The lowest BCUT2D eigenvalue weighted by molar-refractivity contribution is 0.0935. The Kier molecular flexibility index (Phi) is 7.27. The van der Waals surface area contributed by atoms with Gasteiger partial charge in [0.15, 0.2) is 11.6 Å². The number of benzene rings is 3. The summed E-state index contributed by atoms with van der Waals surface area (Å²) in [5, 5.41) is 6.38. The minimum absolute atomic E-state index is 0.0424. The quantitative estimate of drug-likeness (QED) is 0.368. The van der Waals surface area contributed by atoms with E-state index in [0.29, 0.717) is 24.4 Å². The van der Waals surface area contributed by atoms with Gasteiger partial charge in [-0.2, -0.15) is 0 Å². The fourth-order valence-electron chi connectivity index (χ4n) is 3.93. The third kappa shape index (κ3) is 5.73. The molecular weight excluding hydrogens is 412 g/mol. The topological polar surface area (TPSA) is 76.0 Å². The molecule has 33 heavy (non-hydrogen) atoms. The van der Waals surface area contributed by atoms with Crippen LogP contribution in [0, 0.1) is 0 Å². The summed E-state index contributed by atoms with van der Waals surface area (Å²) >= 11 is 0. The zero-order chi connectivity index (χ0) is 23.0. The van der Waals surface area contributed by atoms with Gasteiger partial charge in [0.25, 0.3) is 5.91 Å². The molecule has 0 saturated heterocycles. The molecule has 0 radical (unpaired) electrons. The Morgan fingerprint density at radius 3 is 2.30 bits per heavy atom. The Labute approximate surface area is 193 Å². The Bertz CT molecular complexity index is 1220. The highest BCUT2D eigenvalue weighted by molar-refractivity contribution is 5.97. The van der Waals surface area contributed by atoms with Crippen molar-refractivity contribution < 1.29 is 9.59 Å². The van der Waals surface area contributed by atoms with Gasteiger partial charge in [0.05, 0.1) is 17.6 Å². The van der Waals surface area contributed by atoms with Crippen molar-refractivity contribution in [1.82, 2.24) is 20.2 Å². The van der Waals surface area contributed by atoms with E-state index < -0.39 is 0 Å². The predicted molar refractivity (Wildman–Crippen MR) is 130 cm³/mol. The van der Waals surface area contributed by atoms with Crippen molar-refractivity contribution in [2.24, 2.45) is 7.05 Å². The summed E-state index contributed by atoms with van der Waals surface area (Å²) in [6, 6.07) is 27.2. The fraction of sp³-hybridized carbons (Fsp3) is 0.222. The molecule has 0 unspecified atom stereocenters. The van der Waals surface area contributed by atoms with E-state index in [2.05, 4.69) is 27.8 Å². The second-order valence-corrected chi connectivity index (χ2v) is 8.08. The molecule has 3 aromatic carbocycles. The summed E-state index contributed by atoms with van der Waals surface area (Å²) in [4.78, 5) is 29.8. The van der Waals surface area contributed by atoms with Crippen LogP contribution in [0.5, 0.6) is 0 Å². The van der Waals surface area contributed by atoms with Crippen molar-refractivity contribution in [3.63, 3.8) is 0 Å². The van der Waals surface area contributed by atoms with Crippen molar-refractivity contribution in [2.75, 3.05) is 13.1 Å². The van der Waals surface area contributed by atoms with Crippen LogP contribution in [0.4, 0.5) is 0 Å². The first kappa shape index (κ1) is 22.4. The zero-order valence-electron chi connectivity index (χ0n) is 18.7. The highest BCUT2D eigenvalue weighted by Gasteiger charge is 2.17. The maximum absolute atomic E-state index is 12.8. The number of nitrogens with one attached hydrogen (secondary N) is 2. The zero-order valence-corrected chi connectivity index (χ0v) is 18.7. The van der Waals surface area contributed by atoms with E-state index in [1.807, 2.05) is 84.4 Å². The second kappa shape index (κ2) is 10.7. The van der Waals surface area contributed by atoms with Gasteiger partial charge in [-0.1, -0.05) is 72.8 Å². The van der Waals surface area contributed by atoms with Gasteiger partial charge in [-0.25, -0.2) is 4.98 Å². The van der Waals surface area contributed by atoms with Gasteiger partial charge in [-0.05, 0) is 30.5 Å². The molecule has 1 atom stereocenters. The van der Waals surface area contributed by atoms with Gasteiger partial charge in [0.1, 0.15) is 0 Å². The standard InChI is InChI=1S/C27H28N4O2/c1-31-24-15-9-8-14-23(24)30-26(31)27(33)28-17-16-22(18-20-10-4-2-5-11-20)29-19-25(32)21-12-6-3-7-13-21/h2-15,22,29H,16-19H2,1H3,(H,28,33)/t22-/m1/s1. The van der Waals surface area contributed by atoms with E-state index in [9.17, 15) is 9.59 Å². The molecule has 0 saturated carbocycles. The Morgan fingerprint density at radius 1 is 0.909 bits per heavy atom. The number of fused-ring (bicyclic) bond motifs is 1. The maximum atomic E-state index is 12.8. The monoisotopic (exact) mass is 440 g/mol. The van der Waals surface area contributed by atoms with Crippen molar-refractivity contribution in [2.45, 2.75) is 18.9 Å². The Balaban J connectivity index is 1.37. The molecular formula is C27H28N4O2. The number of carbonyl (C=O) groups excluding carboxylic acids is 2. The predicted octanol–water partition coefficient (Wildman–Crippen LogP) is 3.78. The minimum Gasteiger partial charge on any atom is -0.349 e. The minimum atomic E-state index is -0.201. The van der Waals surface area contributed by atoms with Gasteiger partial charge < -0.3 is 15.2 Å². The molecule has 1 heterocycles. The first-order valence-corrected chi connectivity index (χ1v) is 11.2. The molecule has 4 rings (SSSR count). The van der Waals surface area contributed by atoms with E-state index in [1.54, 1.807) is 0 Å². The molecule has 6 nitrogen and oxygen atoms in total. The number of nitrogens with zero attached hydrogens (tertiary/aromatic N) is 2. The van der Waals surface area contributed by atoms with Crippen LogP contribution in [0.25, 0.3) is 11.0 Å². The Morgan fingerprint density at radius 2 is 1.58 bits per heavy atom. The number of aryl methyl sites for hydroxylation is 1. The number of ketones is 1. The van der Waals surface area contributed by atoms with Crippen LogP contribution in [0.2, 0.25) is 0 Å². The lowest BCUT2D eigenvalue weighted by Crippen LogP contribution is -2.38. The molecule has 0 aliphatic rings. The number of rotatable bonds is 10. The van der Waals surface area contributed by atoms with E-state index in [-0.39, 0.29) is 24.3 Å². The average Bonchev–Trinajstić information content (AvgIpc) is 3.20. The normalized spacial score (nSPS) is 11.9. The van der Waals surface area contributed by atoms with Gasteiger partial charge in [0, 0.05) is 25.2 Å². The molecule has 0 spiro atoms. The largest absolute Gasteiger partial charge is 0.349 e. The fourth-order valence-corrected chi connectivity index (χ4v) is 3.93. The molecule has 0 bridgehead atoms. The smallest absolute Gasteiger partial charge is 0.287 e. The van der Waals surface area contributed by atoms with Crippen LogP contribution in [-0.2, 0) is 13.5 Å². The lowest BCUT2D eigenvalue weighted by atomic mass is 10.0. The van der Waals surface area contributed by atoms with Gasteiger partial charge >= 0.3 is 0 Å². The molecule has 168 valence electrons. The molecule has 1 amide bonds. The van der Waals surface area contributed by atoms with Crippen LogP contribution >= 0.6 is 0 Å². The van der Waals surface area contributed by atoms with Gasteiger partial charge in [0.2, 0.25) is 0 Å². The van der Waals surface area contributed by atoms with E-state index in [4.69, 9.17) is 0 Å². The molecule has 0 fully saturated rings. The highest BCUT2D eigenvalue weighted by Crippen LogP contribution is 2.14. The van der Waals surface area contributed by atoms with Crippen LogP contribution in [0.15, 0.2) is 84.9 Å². The maximum Gasteiger partial charge on any atom is 0.287 e. The van der Waals surface area contributed by atoms with Gasteiger partial charge in [-0.15, -0.1) is 0 Å². The molecule has 0 aliphatic carbocycles. The van der Waals surface area contributed by atoms with E-state index in [0.717, 1.165) is 17.5 Å². The number of Topliss-reactive ketones (excluding diaryl/α,β-unsaturated/α-hetero) is 1. The highest BCUT2D eigenvalue weighted by atomic mass is 16.2. The van der Waals surface area contributed by atoms with E-state index >= 15 is 0 Å². The van der Waals surface area contributed by atoms with Crippen molar-refractivity contribution in [1.29, 1.82) is 0 Å². The van der Waals surface area contributed by atoms with E-state index in [1.165, 1.54) is 5.56 Å². The second-order valence-electron chi connectivity index (χ2n) is 8.08. The summed E-state index contributed by atoms with van der Waals surface area (Å²) in [5.41, 5.74) is 3.60. The Hall–Kier alpha value is -3.77. The van der Waals surface area contributed by atoms with Crippen molar-refractivity contribution in [3.05, 3.63) is 102 Å². The van der Waals surface area contributed by atoms with Crippen LogP contribution in [-0.4, -0.2) is 40.4 Å². The number of imidazole rings is 1. The number of aromatic nitrogens is 2. The molecule has 1 aromatic heterocycles. The summed E-state index contributed by atoms with van der Waals surface area (Å²) in [6.45, 7) is 0.728. The van der Waals surface area contributed by atoms with Crippen LogP contribution in [0.1, 0.15) is 33.0 Å². The third-order valence-electron chi connectivity index (χ3n) is 5.74. The summed E-state index contributed by atoms with van der Waals surface area (Å²) < 4.78 is 1.81. The summed E-state index contributed by atoms with van der Waals surface area (Å²) in [7, 11) is 1.85. The first-order valence-electron chi connectivity index (χ1n) is 11.2. The molecule has 2 N–H and O–H groups in total. The summed E-state index contributed by atoms with van der Waals surface area (Å²) in [6.07, 6.45) is 1.46. The first-order chi connectivity index (χ1) is 16.1. The number of amides is 1. The average molecular weight is 441 g/mol. The number of para-hydroxylation sites is 2. The van der Waals surface area contributed by atoms with Gasteiger partial charge in [-0.3, -0.25) is 9.59 Å². The van der Waals surface area contributed by atoms with Crippen molar-refractivity contribution >= 4 is 22.7 Å². The summed E-state index contributed by atoms with van der Waals surface area (Å²) in [5.74, 6) is 0.243. The molecule has 0 aliphatic heterocycles. The number of hydrogen-bond acceptors (Lipinski definition) is 4. The SMILES string of the molecule is Cn1c(C(=O)NCC[C@H](Cc2ccccc2)NCC(=O)c2ccccc2)nc2ccccc21. The molecule has 4 aromatic rings. The lowest BCUT2D eigenvalue weighted by Gasteiger charge is -2.19.